The molecule has 0 amide bonds. The summed E-state index contributed by atoms with van der Waals surface area (Å²) in [6, 6.07) is 21.9. The van der Waals surface area contributed by atoms with Crippen LogP contribution in [0.4, 0.5) is 0 Å². The third-order valence-electron chi connectivity index (χ3n) is 14.4. The van der Waals surface area contributed by atoms with Gasteiger partial charge in [-0.05, 0) is 156 Å². The minimum atomic E-state index is 0.448. The van der Waals surface area contributed by atoms with Gasteiger partial charge in [0.1, 0.15) is 5.82 Å². The zero-order valence-electron chi connectivity index (χ0n) is 42.3. The Morgan fingerprint density at radius 1 is 0.845 bits per heavy atom. The quantitative estimate of drug-likeness (QED) is 0.102. The van der Waals surface area contributed by atoms with Crippen molar-refractivity contribution in [2.45, 2.75) is 92.9 Å². The van der Waals surface area contributed by atoms with Gasteiger partial charge >= 0.3 is 0 Å². The van der Waals surface area contributed by atoms with Gasteiger partial charge in [-0.2, -0.15) is 0 Å². The number of rotatable bonds is 14. The number of aromatic nitrogens is 5. The van der Waals surface area contributed by atoms with Crippen LogP contribution < -0.4 is 0 Å². The SMILES string of the molecule is C=C/C(=C\c1c(C)sc2c1C=CCC2)c1cc(C2=CCCC(C)C(CCC(C)/C=C\C(=C)C)=C2)nc(-n2c(/C=C\C)c(/C=C\C)c3c2ccc2c4ccccc4n(-c4cccc(C5=CCCC=C5)n4)c23)n1. The van der Waals surface area contributed by atoms with Gasteiger partial charge in [0.15, 0.2) is 0 Å². The first-order valence-electron chi connectivity index (χ1n) is 25.6. The third-order valence-corrected chi connectivity index (χ3v) is 15.6. The van der Waals surface area contributed by atoms with Crippen molar-refractivity contribution in [1.82, 2.24) is 24.1 Å². The number of hydrogen-bond donors (Lipinski definition) is 0. The Labute approximate surface area is 424 Å². The molecule has 2 aromatic carbocycles. The van der Waals surface area contributed by atoms with E-state index in [1.165, 1.54) is 37.2 Å². The third kappa shape index (κ3) is 9.34. The maximum Gasteiger partial charge on any atom is 0.235 e. The smallest absolute Gasteiger partial charge is 0.235 e. The number of allylic oxidation sites excluding steroid dienone is 16. The van der Waals surface area contributed by atoms with Crippen molar-refractivity contribution < 1.29 is 0 Å². The Balaban J connectivity index is 1.24. The molecule has 10 rings (SSSR count). The van der Waals surface area contributed by atoms with Crippen LogP contribution in [-0.4, -0.2) is 24.1 Å². The van der Waals surface area contributed by atoms with Crippen LogP contribution in [0.3, 0.4) is 0 Å². The van der Waals surface area contributed by atoms with E-state index in [1.54, 1.807) is 0 Å². The first-order valence-corrected chi connectivity index (χ1v) is 26.4. The lowest BCUT2D eigenvalue weighted by Gasteiger charge is -2.16. The van der Waals surface area contributed by atoms with Gasteiger partial charge in [0, 0.05) is 37.0 Å². The van der Waals surface area contributed by atoms with Crippen molar-refractivity contribution in [3.8, 4) is 11.8 Å². The molecule has 0 fully saturated rings. The topological polar surface area (TPSA) is 48.5 Å². The summed E-state index contributed by atoms with van der Waals surface area (Å²) < 4.78 is 4.67. The largest absolute Gasteiger partial charge is 0.293 e. The minimum absolute atomic E-state index is 0.448. The summed E-state index contributed by atoms with van der Waals surface area (Å²) in [6.45, 7) is 21.7. The van der Waals surface area contributed by atoms with Gasteiger partial charge in [-0.1, -0.05) is 147 Å². The van der Waals surface area contributed by atoms with Crippen LogP contribution in [0.1, 0.15) is 129 Å². The van der Waals surface area contributed by atoms with Crippen LogP contribution >= 0.6 is 11.3 Å². The molecule has 0 bridgehead atoms. The number of nitrogens with zero attached hydrogens (tertiary/aromatic N) is 5. The summed E-state index contributed by atoms with van der Waals surface area (Å²) >= 11 is 1.91. The lowest BCUT2D eigenvalue weighted by molar-refractivity contribution is 0.559. The maximum absolute atomic E-state index is 5.67. The number of pyridine rings is 1. The molecule has 0 saturated carbocycles. The van der Waals surface area contributed by atoms with Gasteiger partial charge in [0.2, 0.25) is 5.95 Å². The minimum Gasteiger partial charge on any atom is -0.293 e. The average molecular weight is 948 g/mol. The van der Waals surface area contributed by atoms with Gasteiger partial charge in [-0.25, -0.2) is 15.0 Å². The highest BCUT2D eigenvalue weighted by Gasteiger charge is 2.26. The van der Waals surface area contributed by atoms with Gasteiger partial charge in [0.25, 0.3) is 0 Å². The molecule has 71 heavy (non-hydrogen) atoms. The van der Waals surface area contributed by atoms with E-state index in [1.807, 2.05) is 17.4 Å². The molecule has 0 radical (unpaired) electrons. The molecule has 3 aliphatic rings. The predicted molar refractivity (Wildman–Crippen MR) is 308 cm³/mol. The van der Waals surface area contributed by atoms with Crippen LogP contribution in [0.15, 0.2) is 152 Å². The highest BCUT2D eigenvalue weighted by molar-refractivity contribution is 7.12. The van der Waals surface area contributed by atoms with Crippen molar-refractivity contribution >= 4 is 85.1 Å². The number of benzene rings is 2. The molecule has 356 valence electrons. The lowest BCUT2D eigenvalue weighted by Crippen LogP contribution is -2.08. The average Bonchev–Trinajstić information content (AvgIpc) is 3.96. The molecular weight excluding hydrogens is 883 g/mol. The number of fused-ring (bicyclic) bond motifs is 6. The molecule has 3 aliphatic carbocycles. The summed E-state index contributed by atoms with van der Waals surface area (Å²) in [5, 5.41) is 3.47. The van der Waals surface area contributed by atoms with Crippen molar-refractivity contribution in [2.75, 3.05) is 0 Å². The van der Waals surface area contributed by atoms with E-state index in [4.69, 9.17) is 15.0 Å². The van der Waals surface area contributed by atoms with Crippen LogP contribution in [0.25, 0.3) is 85.5 Å². The normalized spacial score (nSPS) is 16.9. The van der Waals surface area contributed by atoms with Crippen LogP contribution in [0.5, 0.6) is 0 Å². The molecule has 0 saturated heterocycles. The second kappa shape index (κ2) is 20.7. The van der Waals surface area contributed by atoms with Crippen LogP contribution in [0.2, 0.25) is 0 Å². The first kappa shape index (κ1) is 47.5. The van der Waals surface area contributed by atoms with E-state index in [2.05, 4.69) is 210 Å². The molecule has 0 N–H and O–H groups in total. The summed E-state index contributed by atoms with van der Waals surface area (Å²) in [4.78, 5) is 19.5. The predicted octanol–water partition coefficient (Wildman–Crippen LogP) is 18.1. The first-order chi connectivity index (χ1) is 34.6. The van der Waals surface area contributed by atoms with Crippen molar-refractivity contribution in [1.29, 1.82) is 0 Å². The van der Waals surface area contributed by atoms with E-state index in [0.29, 0.717) is 17.8 Å². The molecule has 0 aliphatic heterocycles. The van der Waals surface area contributed by atoms with Crippen molar-refractivity contribution in [3.05, 3.63) is 201 Å². The summed E-state index contributed by atoms with van der Waals surface area (Å²) in [5.74, 6) is 2.41. The summed E-state index contributed by atoms with van der Waals surface area (Å²) in [5.41, 5.74) is 16.5. The number of aryl methyl sites for hydroxylation is 2. The van der Waals surface area contributed by atoms with Gasteiger partial charge in [-0.3, -0.25) is 9.13 Å². The Bertz CT molecular complexity index is 3540. The van der Waals surface area contributed by atoms with Crippen LogP contribution in [0, 0.1) is 18.8 Å². The van der Waals surface area contributed by atoms with Gasteiger partial charge < -0.3 is 0 Å². The van der Waals surface area contributed by atoms with E-state index < -0.39 is 0 Å². The zero-order chi connectivity index (χ0) is 49.2. The van der Waals surface area contributed by atoms with E-state index in [9.17, 15) is 0 Å². The Morgan fingerprint density at radius 3 is 2.48 bits per heavy atom. The lowest BCUT2D eigenvalue weighted by atomic mass is 9.90. The molecule has 5 nitrogen and oxygen atoms in total. The molecule has 7 aromatic rings. The van der Waals surface area contributed by atoms with Gasteiger partial charge in [-0.15, -0.1) is 11.3 Å². The Morgan fingerprint density at radius 2 is 1.68 bits per heavy atom. The molecule has 0 spiro atoms. The van der Waals surface area contributed by atoms with E-state index >= 15 is 0 Å². The molecule has 5 aromatic heterocycles. The summed E-state index contributed by atoms with van der Waals surface area (Å²) in [7, 11) is 0. The highest BCUT2D eigenvalue weighted by Crippen LogP contribution is 2.43. The fourth-order valence-electron chi connectivity index (χ4n) is 10.7. The van der Waals surface area contributed by atoms with E-state index in [-0.39, 0.29) is 0 Å². The van der Waals surface area contributed by atoms with Gasteiger partial charge in [0.05, 0.1) is 39.3 Å². The van der Waals surface area contributed by atoms with Crippen LogP contribution in [-0.2, 0) is 6.42 Å². The van der Waals surface area contributed by atoms with Crippen molar-refractivity contribution in [3.63, 3.8) is 0 Å². The number of thiophene rings is 1. The standard InChI is InChI=1S/C65H65N5S/c1-9-21-53-58(22-10-2)69(60-38-37-52-50-27-15-17-30-59(50)70(64(52)63(53)60)62-32-20-29-55(66-62)47-24-13-12-14-25-47)65-67-56(46(11-3)40-54-45(8)71-61-31-18-16-28-51(54)61)41-57(68-65)49-26-19-23-44(7)48(39-49)36-35-43(6)34-33-42(4)5/h9-11,13,15-17,20-22,24-30,32-34,37-41,43-44H,3-4,12,14,18-19,23,31,35-36H2,1-2,5-8H3/b21-9-,22-10-,34-33-,46-40+. The monoisotopic (exact) mass is 947 g/mol. The molecule has 2 unspecified atom stereocenters. The van der Waals surface area contributed by atoms with Crippen molar-refractivity contribution in [2.24, 2.45) is 11.8 Å². The number of hydrogen-bond acceptors (Lipinski definition) is 4. The number of para-hydroxylation sites is 1. The molecular formula is C65H65N5S. The maximum atomic E-state index is 5.67. The molecule has 2 atom stereocenters. The Hall–Kier alpha value is -7.15. The fourth-order valence-corrected chi connectivity index (χ4v) is 11.9. The second-order valence-corrected chi connectivity index (χ2v) is 20.8. The second-order valence-electron chi connectivity index (χ2n) is 19.5. The molecule has 6 heteroatoms. The highest BCUT2D eigenvalue weighted by atomic mass is 32.1. The molecule has 5 heterocycles. The Kier molecular flexibility index (Phi) is 13.8. The zero-order valence-corrected chi connectivity index (χ0v) is 43.1. The fraction of sp³-hybridized carbons (Fsp3) is 0.246. The summed E-state index contributed by atoms with van der Waals surface area (Å²) in [6.07, 6.45) is 42.1. The van der Waals surface area contributed by atoms with E-state index in [0.717, 1.165) is 130 Å².